The lowest BCUT2D eigenvalue weighted by molar-refractivity contribution is -0.0156. The minimum Gasteiger partial charge on any atom is -0.512 e. The lowest BCUT2D eigenvalue weighted by atomic mass is 9.61. The molecule has 0 aromatic rings. The van der Waals surface area contributed by atoms with E-state index in [1.54, 1.807) is 0 Å². The molecule has 0 radical (unpaired) electrons. The summed E-state index contributed by atoms with van der Waals surface area (Å²) in [5.41, 5.74) is 0.457. The molecule has 0 unspecified atom stereocenters. The lowest BCUT2D eigenvalue weighted by Crippen LogP contribution is -2.37. The molecule has 3 heteroatoms. The number of ether oxygens (including phenoxy) is 1. The Balaban J connectivity index is 1.79. The Bertz CT molecular complexity index is 334. The van der Waals surface area contributed by atoms with E-state index in [4.69, 9.17) is 9.84 Å². The molecule has 0 aromatic heterocycles. The molecule has 2 saturated carbocycles. The van der Waals surface area contributed by atoms with Gasteiger partial charge in [-0.3, -0.25) is 0 Å². The molecule has 0 aromatic carbocycles. The van der Waals surface area contributed by atoms with Crippen molar-refractivity contribution in [3.8, 4) is 0 Å². The zero-order chi connectivity index (χ0) is 15.3. The zero-order valence-electron chi connectivity index (χ0n) is 13.7. The summed E-state index contributed by atoms with van der Waals surface area (Å²) in [5.74, 6) is 1.62. The summed E-state index contributed by atoms with van der Waals surface area (Å²) in [6.07, 6.45) is 12.7. The summed E-state index contributed by atoms with van der Waals surface area (Å²) in [7, 11) is 0. The van der Waals surface area contributed by atoms with E-state index in [2.05, 4.69) is 13.8 Å². The van der Waals surface area contributed by atoms with Crippen LogP contribution in [0.2, 0.25) is 0 Å². The Morgan fingerprint density at radius 1 is 1.00 bits per heavy atom. The number of hydrogen-bond acceptors (Lipinski definition) is 3. The number of hydrogen-bond donors (Lipinski definition) is 2. The first-order valence-corrected chi connectivity index (χ1v) is 8.68. The first kappa shape index (κ1) is 16.7. The number of aliphatic hydroxyl groups excluding tert-OH is 2. The largest absolute Gasteiger partial charge is 0.512 e. The highest BCUT2D eigenvalue weighted by Gasteiger charge is 2.39. The molecular formula is C18H32O3. The smallest absolute Gasteiger partial charge is 0.152 e. The van der Waals surface area contributed by atoms with Crippen LogP contribution in [0, 0.1) is 17.3 Å². The molecule has 3 nitrogen and oxygen atoms in total. The lowest BCUT2D eigenvalue weighted by Gasteiger charge is -2.45. The van der Waals surface area contributed by atoms with Gasteiger partial charge in [-0.05, 0) is 55.8 Å². The fraction of sp³-hybridized carbons (Fsp3) is 0.889. The Morgan fingerprint density at radius 3 is 2.14 bits per heavy atom. The van der Waals surface area contributed by atoms with Gasteiger partial charge in [0.1, 0.15) is 12.9 Å². The van der Waals surface area contributed by atoms with Crippen molar-refractivity contribution in [1.29, 1.82) is 0 Å². The minimum atomic E-state index is -0.0836. The normalized spacial score (nSPS) is 29.5. The van der Waals surface area contributed by atoms with Crippen LogP contribution in [0.1, 0.15) is 71.6 Å². The van der Waals surface area contributed by atoms with Gasteiger partial charge in [-0.15, -0.1) is 0 Å². The van der Waals surface area contributed by atoms with Gasteiger partial charge in [-0.25, -0.2) is 0 Å². The summed E-state index contributed by atoms with van der Waals surface area (Å²) >= 11 is 0. The van der Waals surface area contributed by atoms with Crippen molar-refractivity contribution in [2.24, 2.45) is 17.3 Å². The molecule has 2 aliphatic carbocycles. The third kappa shape index (κ3) is 4.38. The quantitative estimate of drug-likeness (QED) is 0.692. The van der Waals surface area contributed by atoms with Gasteiger partial charge in [0.05, 0.1) is 6.10 Å². The predicted molar refractivity (Wildman–Crippen MR) is 85.4 cm³/mol. The molecule has 0 atom stereocenters. The summed E-state index contributed by atoms with van der Waals surface area (Å²) in [6, 6.07) is 0. The van der Waals surface area contributed by atoms with Crippen LogP contribution < -0.4 is 0 Å². The van der Waals surface area contributed by atoms with E-state index < -0.39 is 0 Å². The highest BCUT2D eigenvalue weighted by atomic mass is 16.5. The van der Waals surface area contributed by atoms with Crippen LogP contribution in [0.3, 0.4) is 0 Å². The van der Waals surface area contributed by atoms with Crippen molar-refractivity contribution in [3.05, 3.63) is 12.0 Å². The van der Waals surface area contributed by atoms with Crippen LogP contribution in [-0.4, -0.2) is 22.9 Å². The van der Waals surface area contributed by atoms with Gasteiger partial charge < -0.3 is 14.9 Å². The van der Waals surface area contributed by atoms with E-state index in [-0.39, 0.29) is 18.5 Å². The van der Waals surface area contributed by atoms with Gasteiger partial charge in [0.2, 0.25) is 0 Å². The molecule has 0 amide bonds. The maximum Gasteiger partial charge on any atom is 0.152 e. The van der Waals surface area contributed by atoms with Gasteiger partial charge in [-0.2, -0.15) is 0 Å². The van der Waals surface area contributed by atoms with E-state index in [1.807, 2.05) is 0 Å². The Labute approximate surface area is 129 Å². The molecular weight excluding hydrogens is 264 g/mol. The summed E-state index contributed by atoms with van der Waals surface area (Å²) in [5, 5.41) is 17.9. The van der Waals surface area contributed by atoms with E-state index in [9.17, 15) is 5.11 Å². The summed E-state index contributed by atoms with van der Waals surface area (Å²) in [6.45, 7) is 5.10. The summed E-state index contributed by atoms with van der Waals surface area (Å²) in [4.78, 5) is 0. The highest BCUT2D eigenvalue weighted by molar-refractivity contribution is 4.90. The standard InChI is InChI=1S/C18H32O3/c1-18(2,14-6-4-3-5-7-14)15-8-10-17(11-9-15)21-13-16(20)12-19/h12,14-15,17,19-20H,3-11,13H2,1-2H3/b16-12+. The van der Waals surface area contributed by atoms with Crippen molar-refractivity contribution in [1.82, 2.24) is 0 Å². The maximum absolute atomic E-state index is 9.23. The van der Waals surface area contributed by atoms with Crippen molar-refractivity contribution >= 4 is 0 Å². The van der Waals surface area contributed by atoms with Crippen molar-refractivity contribution < 1.29 is 14.9 Å². The Hall–Kier alpha value is -0.700. The van der Waals surface area contributed by atoms with Crippen LogP contribution in [0.5, 0.6) is 0 Å². The molecule has 0 heterocycles. The molecule has 0 aliphatic heterocycles. The molecule has 0 saturated heterocycles. The first-order chi connectivity index (χ1) is 10.0. The van der Waals surface area contributed by atoms with Crippen LogP contribution >= 0.6 is 0 Å². The van der Waals surface area contributed by atoms with Gasteiger partial charge >= 0.3 is 0 Å². The third-order valence-electron chi connectivity index (χ3n) is 6.00. The predicted octanol–water partition coefficient (Wildman–Crippen LogP) is 5.13. The van der Waals surface area contributed by atoms with Gasteiger partial charge in [0.25, 0.3) is 0 Å². The average molecular weight is 296 g/mol. The fourth-order valence-electron chi connectivity index (χ4n) is 4.39. The second kappa shape index (κ2) is 7.53. The van der Waals surface area contributed by atoms with E-state index >= 15 is 0 Å². The zero-order valence-corrected chi connectivity index (χ0v) is 13.7. The van der Waals surface area contributed by atoms with Gasteiger partial charge in [0, 0.05) is 0 Å². The van der Waals surface area contributed by atoms with Crippen molar-refractivity contribution in [3.63, 3.8) is 0 Å². The molecule has 2 aliphatic rings. The average Bonchev–Trinajstić information content (AvgIpc) is 2.53. The number of aliphatic hydroxyl groups is 2. The third-order valence-corrected chi connectivity index (χ3v) is 6.00. The molecule has 0 bridgehead atoms. The van der Waals surface area contributed by atoms with Crippen LogP contribution in [0.15, 0.2) is 12.0 Å². The molecule has 0 spiro atoms. The monoisotopic (exact) mass is 296 g/mol. The fourth-order valence-corrected chi connectivity index (χ4v) is 4.39. The second-order valence-electron chi connectivity index (χ2n) is 7.56. The first-order valence-electron chi connectivity index (χ1n) is 8.68. The molecule has 21 heavy (non-hydrogen) atoms. The van der Waals surface area contributed by atoms with E-state index in [1.165, 1.54) is 44.9 Å². The van der Waals surface area contributed by atoms with E-state index in [0.717, 1.165) is 30.9 Å². The second-order valence-corrected chi connectivity index (χ2v) is 7.56. The topological polar surface area (TPSA) is 49.7 Å². The minimum absolute atomic E-state index is 0.0836. The highest BCUT2D eigenvalue weighted by Crippen LogP contribution is 2.48. The molecule has 2 rings (SSSR count). The molecule has 2 fully saturated rings. The number of rotatable bonds is 5. The van der Waals surface area contributed by atoms with Gasteiger partial charge in [-0.1, -0.05) is 33.1 Å². The molecule has 2 N–H and O–H groups in total. The summed E-state index contributed by atoms with van der Waals surface area (Å²) < 4.78 is 5.66. The Morgan fingerprint density at radius 2 is 1.57 bits per heavy atom. The van der Waals surface area contributed by atoms with Crippen LogP contribution in [-0.2, 0) is 4.74 Å². The van der Waals surface area contributed by atoms with Crippen LogP contribution in [0.4, 0.5) is 0 Å². The molecule has 122 valence electrons. The van der Waals surface area contributed by atoms with Crippen LogP contribution in [0.25, 0.3) is 0 Å². The van der Waals surface area contributed by atoms with E-state index in [0.29, 0.717) is 5.41 Å². The van der Waals surface area contributed by atoms with Crippen molar-refractivity contribution in [2.45, 2.75) is 77.7 Å². The Kier molecular flexibility index (Phi) is 5.98. The van der Waals surface area contributed by atoms with Crippen molar-refractivity contribution in [2.75, 3.05) is 6.61 Å². The van der Waals surface area contributed by atoms with Gasteiger partial charge in [0.15, 0.2) is 5.76 Å². The SMILES string of the molecule is CC(C)(C1CCCCC1)C1CCC(OC/C(O)=C\O)CC1. The maximum atomic E-state index is 9.23.